The first-order valence-corrected chi connectivity index (χ1v) is 11.5. The molecule has 1 aromatic carbocycles. The average molecular weight is 455 g/mol. The number of hydrogen-bond donors (Lipinski definition) is 1. The van der Waals surface area contributed by atoms with Gasteiger partial charge in [0.1, 0.15) is 6.54 Å². The lowest BCUT2D eigenvalue weighted by atomic mass is 10.2. The van der Waals surface area contributed by atoms with Gasteiger partial charge in [-0.2, -0.15) is 0 Å². The summed E-state index contributed by atoms with van der Waals surface area (Å²) in [6, 6.07) is 4.18. The number of carbonyl (C=O) groups is 1. The topological polar surface area (TPSA) is 120 Å². The number of nitrogens with zero attached hydrogens (tertiary/aromatic N) is 3. The summed E-state index contributed by atoms with van der Waals surface area (Å²) in [5.41, 5.74) is -1.07. The Morgan fingerprint density at radius 1 is 1.13 bits per heavy atom. The highest BCUT2D eigenvalue weighted by Crippen LogP contribution is 2.19. The van der Waals surface area contributed by atoms with E-state index in [1.54, 1.807) is 6.92 Å². The Balaban J connectivity index is 2.44. The van der Waals surface area contributed by atoms with Crippen LogP contribution in [0.1, 0.15) is 27.2 Å². The molecule has 0 fully saturated rings. The number of amides is 1. The Morgan fingerprint density at radius 2 is 1.77 bits per heavy atom. The van der Waals surface area contributed by atoms with Crippen molar-refractivity contribution in [1.82, 2.24) is 18.8 Å². The van der Waals surface area contributed by atoms with Crippen LogP contribution in [0.4, 0.5) is 0 Å². The molecule has 0 atom stereocenters. The van der Waals surface area contributed by atoms with Crippen molar-refractivity contribution in [3.05, 3.63) is 38.9 Å². The van der Waals surface area contributed by atoms with E-state index in [1.807, 2.05) is 13.8 Å². The van der Waals surface area contributed by atoms with E-state index in [-0.39, 0.29) is 23.1 Å². The molecule has 0 aliphatic heterocycles. The maximum atomic E-state index is 12.7. The highest BCUT2D eigenvalue weighted by atomic mass is 32.2. The Labute approximate surface area is 181 Å². The highest BCUT2D eigenvalue weighted by Gasteiger charge is 2.21. The number of hydrogen-bond acceptors (Lipinski definition) is 6. The normalized spacial score (nSPS) is 12.1. The van der Waals surface area contributed by atoms with Gasteiger partial charge < -0.3 is 14.6 Å². The quantitative estimate of drug-likeness (QED) is 0.409. The zero-order valence-electron chi connectivity index (χ0n) is 18.5. The van der Waals surface area contributed by atoms with Crippen molar-refractivity contribution in [2.45, 2.75) is 51.3 Å². The molecule has 1 heterocycles. The average Bonchev–Trinajstić information content (AvgIpc) is 2.70. The maximum Gasteiger partial charge on any atom is 0.317 e. The lowest BCUT2D eigenvalue weighted by Crippen LogP contribution is -2.44. The summed E-state index contributed by atoms with van der Waals surface area (Å²) < 4.78 is 33.8. The van der Waals surface area contributed by atoms with Crippen LogP contribution in [-0.4, -0.2) is 61.1 Å². The van der Waals surface area contributed by atoms with Crippen LogP contribution in [0.25, 0.3) is 11.0 Å². The van der Waals surface area contributed by atoms with Gasteiger partial charge in [-0.1, -0.05) is 0 Å². The van der Waals surface area contributed by atoms with E-state index < -0.39 is 33.6 Å². The first kappa shape index (κ1) is 24.8. The number of aryl methyl sites for hydroxylation is 1. The molecule has 10 nitrogen and oxygen atoms in total. The van der Waals surface area contributed by atoms with E-state index >= 15 is 0 Å². The summed E-state index contributed by atoms with van der Waals surface area (Å²) in [5, 5.41) is 2.69. The molecule has 1 amide bonds. The number of nitrogens with one attached hydrogen (secondary N) is 1. The zero-order chi connectivity index (χ0) is 23.3. The molecule has 172 valence electrons. The molecular formula is C20H30N4O6S. The smallest absolute Gasteiger partial charge is 0.317 e. The third kappa shape index (κ3) is 5.60. The number of sulfonamides is 1. The highest BCUT2D eigenvalue weighted by molar-refractivity contribution is 7.89. The minimum atomic E-state index is -3.77. The Hall–Kier alpha value is -2.50. The van der Waals surface area contributed by atoms with Crippen LogP contribution >= 0.6 is 0 Å². The van der Waals surface area contributed by atoms with Gasteiger partial charge in [-0.3, -0.25) is 19.0 Å². The summed E-state index contributed by atoms with van der Waals surface area (Å²) in [6.07, 6.45) is 0.695. The van der Waals surface area contributed by atoms with Gasteiger partial charge in [0.25, 0.3) is 0 Å². The number of benzene rings is 1. The first-order valence-electron chi connectivity index (χ1n) is 10.1. The molecule has 0 radical (unpaired) electrons. The third-order valence-corrected chi connectivity index (χ3v) is 6.50. The third-order valence-electron chi connectivity index (χ3n) is 4.69. The van der Waals surface area contributed by atoms with Gasteiger partial charge in [0.2, 0.25) is 15.9 Å². The molecule has 0 bridgehead atoms. The molecule has 11 heteroatoms. The van der Waals surface area contributed by atoms with Gasteiger partial charge >= 0.3 is 11.1 Å². The predicted molar refractivity (Wildman–Crippen MR) is 118 cm³/mol. The van der Waals surface area contributed by atoms with Crippen LogP contribution in [-0.2, 0) is 32.6 Å². The van der Waals surface area contributed by atoms with Crippen LogP contribution in [0, 0.1) is 0 Å². The molecule has 1 aromatic heterocycles. The van der Waals surface area contributed by atoms with Gasteiger partial charge in [-0.25, -0.2) is 12.7 Å². The van der Waals surface area contributed by atoms with E-state index in [0.717, 1.165) is 8.87 Å². The Kier molecular flexibility index (Phi) is 8.15. The van der Waals surface area contributed by atoms with E-state index in [1.165, 1.54) is 36.9 Å². The van der Waals surface area contributed by atoms with Crippen molar-refractivity contribution < 1.29 is 17.9 Å². The molecule has 2 rings (SSSR count). The molecule has 2 aromatic rings. The number of rotatable bonds is 10. The zero-order valence-corrected chi connectivity index (χ0v) is 19.4. The lowest BCUT2D eigenvalue weighted by Gasteiger charge is -2.16. The van der Waals surface area contributed by atoms with E-state index in [4.69, 9.17) is 4.74 Å². The second-order valence-electron chi connectivity index (χ2n) is 7.50. The minimum Gasteiger partial charge on any atom is -0.379 e. The number of ether oxygens (including phenoxy) is 1. The fourth-order valence-corrected chi connectivity index (χ4v) is 3.98. The summed E-state index contributed by atoms with van der Waals surface area (Å²) in [7, 11) is -0.970. The fourth-order valence-electron chi connectivity index (χ4n) is 3.06. The second-order valence-corrected chi connectivity index (χ2v) is 9.65. The summed E-state index contributed by atoms with van der Waals surface area (Å²) >= 11 is 0. The van der Waals surface area contributed by atoms with Crippen LogP contribution < -0.4 is 16.4 Å². The van der Waals surface area contributed by atoms with Crippen molar-refractivity contribution in [3.8, 4) is 0 Å². The molecule has 0 aliphatic carbocycles. The van der Waals surface area contributed by atoms with Gasteiger partial charge in [0, 0.05) is 33.8 Å². The molecule has 0 spiro atoms. The van der Waals surface area contributed by atoms with Crippen molar-refractivity contribution in [3.63, 3.8) is 0 Å². The summed E-state index contributed by atoms with van der Waals surface area (Å²) in [5.74, 6) is -0.456. The van der Waals surface area contributed by atoms with E-state index in [9.17, 15) is 22.8 Å². The van der Waals surface area contributed by atoms with Gasteiger partial charge in [0.15, 0.2) is 0 Å². The molecule has 0 saturated carbocycles. The van der Waals surface area contributed by atoms with Crippen LogP contribution in [0.5, 0.6) is 0 Å². The van der Waals surface area contributed by atoms with Crippen LogP contribution in [0.15, 0.2) is 32.7 Å². The summed E-state index contributed by atoms with van der Waals surface area (Å²) in [6.45, 7) is 6.21. The predicted octanol–water partition coefficient (Wildman–Crippen LogP) is 0.365. The Bertz CT molecular complexity index is 1160. The van der Waals surface area contributed by atoms with Crippen molar-refractivity contribution in [2.75, 3.05) is 27.2 Å². The van der Waals surface area contributed by atoms with Gasteiger partial charge in [-0.05, 0) is 45.4 Å². The largest absolute Gasteiger partial charge is 0.379 e. The molecule has 31 heavy (non-hydrogen) atoms. The first-order chi connectivity index (χ1) is 14.5. The van der Waals surface area contributed by atoms with Crippen LogP contribution in [0.3, 0.4) is 0 Å². The van der Waals surface area contributed by atoms with Crippen LogP contribution in [0.2, 0.25) is 0 Å². The van der Waals surface area contributed by atoms with E-state index in [2.05, 4.69) is 5.32 Å². The monoisotopic (exact) mass is 454 g/mol. The molecular weight excluding hydrogens is 424 g/mol. The molecule has 0 aliphatic rings. The number of fused-ring (bicyclic) bond motifs is 1. The molecule has 0 saturated heterocycles. The standard InChI is InChI=1S/C20H30N4O6S/c1-6-23-16-9-8-15(31(28,29)22(4)5)12-17(16)24(20(27)19(23)26)13-18(25)21-10-7-11-30-14(2)3/h8-9,12,14H,6-7,10-11,13H2,1-5H3,(H,21,25). The van der Waals surface area contributed by atoms with Crippen molar-refractivity contribution >= 4 is 27.0 Å². The van der Waals surface area contributed by atoms with Crippen molar-refractivity contribution in [1.29, 1.82) is 0 Å². The Morgan fingerprint density at radius 3 is 2.35 bits per heavy atom. The minimum absolute atomic E-state index is 0.0364. The summed E-state index contributed by atoms with van der Waals surface area (Å²) in [4.78, 5) is 37.6. The maximum absolute atomic E-state index is 12.7. The molecule has 0 unspecified atom stereocenters. The SMILES string of the molecule is CCn1c(=O)c(=O)n(CC(=O)NCCCOC(C)C)c2cc(S(=O)(=O)N(C)C)ccc21. The van der Waals surface area contributed by atoms with E-state index in [0.29, 0.717) is 25.1 Å². The second kappa shape index (κ2) is 10.2. The fraction of sp³-hybridized carbons (Fsp3) is 0.550. The van der Waals surface area contributed by atoms with Gasteiger partial charge in [0.05, 0.1) is 22.0 Å². The number of carbonyl (C=O) groups excluding carboxylic acids is 1. The number of aromatic nitrogens is 2. The molecule has 1 N–H and O–H groups in total. The van der Waals surface area contributed by atoms with Gasteiger partial charge in [-0.15, -0.1) is 0 Å². The van der Waals surface area contributed by atoms with Crippen molar-refractivity contribution in [2.24, 2.45) is 0 Å². The lowest BCUT2D eigenvalue weighted by molar-refractivity contribution is -0.121.